The van der Waals surface area contributed by atoms with E-state index in [0.717, 1.165) is 0 Å². The van der Waals surface area contributed by atoms with Crippen LogP contribution in [0, 0.1) is 23.4 Å². The van der Waals surface area contributed by atoms with Gasteiger partial charge >= 0.3 is 0 Å². The van der Waals surface area contributed by atoms with Crippen LogP contribution in [0.2, 0.25) is 39.3 Å². The van der Waals surface area contributed by atoms with Gasteiger partial charge in [0, 0.05) is 0 Å². The van der Waals surface area contributed by atoms with Crippen molar-refractivity contribution in [3.05, 3.63) is 31.9 Å². The van der Waals surface area contributed by atoms with Gasteiger partial charge in [-0.15, -0.1) is 17.5 Å². The lowest BCUT2D eigenvalue weighted by Gasteiger charge is -2.03. The first-order valence-corrected chi connectivity index (χ1v) is 17.7. The third-order valence-electron chi connectivity index (χ3n) is 2.48. The highest BCUT2D eigenvalue weighted by Gasteiger charge is 2.08. The Morgan fingerprint density at radius 2 is 1.28 bits per heavy atom. The molecule has 0 bridgehead atoms. The third-order valence-corrected chi connectivity index (χ3v) is 5.60. The smallest absolute Gasteiger partial charge is 0.159 e. The van der Waals surface area contributed by atoms with Crippen LogP contribution in [0.25, 0.3) is 0 Å². The molecule has 0 saturated carbocycles. The first-order chi connectivity index (χ1) is 13.1. The van der Waals surface area contributed by atoms with Gasteiger partial charge in [0.1, 0.15) is 30.0 Å². The first kappa shape index (κ1) is 27.8. The number of hydrogen-bond acceptors (Lipinski definition) is 6. The fourth-order valence-electron chi connectivity index (χ4n) is 1.09. The molecule has 0 saturated heterocycles. The van der Waals surface area contributed by atoms with Crippen LogP contribution in [0.1, 0.15) is 5.69 Å². The molecule has 0 aromatic carbocycles. The highest BCUT2D eigenvalue weighted by Crippen LogP contribution is 2.15. The highest BCUT2D eigenvalue weighted by molar-refractivity contribution is 9.11. The fraction of sp³-hybridized carbons (Fsp3) is 0.333. The van der Waals surface area contributed by atoms with Gasteiger partial charge in [-0.3, -0.25) is 0 Å². The Morgan fingerprint density at radius 1 is 0.828 bits per heavy atom. The topological polar surface area (TPSA) is 104 Å². The average Bonchev–Trinajstić information content (AvgIpc) is 2.57. The van der Waals surface area contributed by atoms with Crippen molar-refractivity contribution in [2.24, 2.45) is 0 Å². The molecular weight excluding hydrogens is 596 g/mol. The molecule has 4 N–H and O–H groups in total. The quantitative estimate of drug-likeness (QED) is 0.313. The van der Waals surface area contributed by atoms with E-state index in [1.807, 2.05) is 0 Å². The highest BCUT2D eigenvalue weighted by atomic mass is 79.9. The second kappa shape index (κ2) is 12.4. The Bertz CT molecular complexity index is 922. The normalized spacial score (nSPS) is 10.2. The van der Waals surface area contributed by atoms with Crippen molar-refractivity contribution in [1.29, 1.82) is 0 Å². The number of nitrogens with two attached hydrogens (primary N) is 2. The van der Waals surface area contributed by atoms with E-state index >= 15 is 0 Å². The van der Waals surface area contributed by atoms with Crippen LogP contribution < -0.4 is 11.5 Å². The summed E-state index contributed by atoms with van der Waals surface area (Å²) < 4.78 is 1.85. The summed E-state index contributed by atoms with van der Waals surface area (Å²) in [5, 5.41) is 0. The average molecular weight is 621 g/mol. The Kier molecular flexibility index (Phi) is 11.9. The van der Waals surface area contributed by atoms with E-state index in [-0.39, 0.29) is 0 Å². The molecule has 6 nitrogen and oxygen atoms in total. The predicted octanol–water partition coefficient (Wildman–Crippen LogP) is 5.13. The van der Waals surface area contributed by atoms with E-state index in [1.165, 1.54) is 0 Å². The molecule has 0 aliphatic rings. The number of terminal acetylenes is 1. The molecule has 2 aromatic heterocycles. The van der Waals surface area contributed by atoms with Gasteiger partial charge in [-0.05, 0) is 47.8 Å². The molecule has 0 atom stereocenters. The molecule has 2 rings (SSSR count). The van der Waals surface area contributed by atoms with Gasteiger partial charge in [0.2, 0.25) is 0 Å². The zero-order valence-corrected chi connectivity index (χ0v) is 24.1. The number of hydrogen-bond donors (Lipinski definition) is 2. The van der Waals surface area contributed by atoms with Gasteiger partial charge in [0.15, 0.2) is 17.3 Å². The minimum Gasteiger partial charge on any atom is -0.381 e. The summed E-state index contributed by atoms with van der Waals surface area (Å²) in [5.74, 6) is 3.75. The van der Waals surface area contributed by atoms with Crippen molar-refractivity contribution in [1.82, 2.24) is 19.9 Å². The Balaban J connectivity index is 0.000000448. The van der Waals surface area contributed by atoms with Gasteiger partial charge in [-0.2, -0.15) is 0 Å². The molecule has 0 fully saturated rings. The van der Waals surface area contributed by atoms with Crippen LogP contribution in [0.3, 0.4) is 0 Å². The summed E-state index contributed by atoms with van der Waals surface area (Å²) in [4.78, 5) is 15.8. The predicted molar refractivity (Wildman–Crippen MR) is 138 cm³/mol. The number of rotatable bonds is 0. The molecule has 11 heteroatoms. The van der Waals surface area contributed by atoms with E-state index < -0.39 is 16.1 Å². The Morgan fingerprint density at radius 3 is 1.62 bits per heavy atom. The molecule has 0 unspecified atom stereocenters. The van der Waals surface area contributed by atoms with Crippen molar-refractivity contribution in [2.75, 3.05) is 11.5 Å². The largest absolute Gasteiger partial charge is 0.381 e. The molecule has 156 valence electrons. The molecule has 0 spiro atoms. The second-order valence-electron chi connectivity index (χ2n) is 7.69. The number of anilines is 2. The second-order valence-corrected chi connectivity index (χ2v) is 19.6. The minimum atomic E-state index is -1.37. The molecule has 0 radical (unpaired) electrons. The molecule has 29 heavy (non-hydrogen) atoms. The number of halogens is 3. The van der Waals surface area contributed by atoms with Crippen molar-refractivity contribution in [3.63, 3.8) is 0 Å². The number of nitrogens with zero attached hydrogens (tertiary/aromatic N) is 4. The van der Waals surface area contributed by atoms with Gasteiger partial charge < -0.3 is 11.5 Å². The number of aromatic nitrogens is 4. The minimum absolute atomic E-state index is 0.380. The third kappa shape index (κ3) is 14.4. The van der Waals surface area contributed by atoms with E-state index in [1.54, 1.807) is 12.4 Å². The van der Waals surface area contributed by atoms with E-state index in [0.29, 0.717) is 31.1 Å². The SMILES string of the molecule is C#C[Si](C)(C)C.C[Si](C)(C)C#Cc1ncc(Br)nc1N.Nc1nc(Br)cnc1Br. The monoisotopic (exact) mass is 618 g/mol. The molecule has 0 aliphatic carbocycles. The fourth-order valence-corrected chi connectivity index (χ4v) is 2.36. The Hall–Kier alpha value is -1.25. The lowest BCUT2D eigenvalue weighted by molar-refractivity contribution is 1.14. The zero-order valence-electron chi connectivity index (χ0n) is 17.3. The lowest BCUT2D eigenvalue weighted by Crippen LogP contribution is -2.16. The standard InChI is InChI=1S/C9H12BrN3Si.C5H10Si.C4H3Br2N3/c1-14(2,3)5-4-7-9(11)13-8(10)6-12-7;1-5-6(2,3)4;5-2-1-8-3(6)4(7)9-2/h6H,1-3H3,(H2,11,13);1H,2-4H3;1H,(H2,7,9). The zero-order chi connectivity index (χ0) is 22.8. The van der Waals surface area contributed by atoms with E-state index in [2.05, 4.69) is 124 Å². The van der Waals surface area contributed by atoms with E-state index in [4.69, 9.17) is 17.9 Å². The maximum Gasteiger partial charge on any atom is 0.159 e. The maximum atomic E-state index is 5.66. The van der Waals surface area contributed by atoms with Crippen molar-refractivity contribution in [2.45, 2.75) is 39.3 Å². The summed E-state index contributed by atoms with van der Waals surface area (Å²) in [6.07, 6.45) is 8.29. The summed E-state index contributed by atoms with van der Waals surface area (Å²) in [6.45, 7) is 12.9. The molecule has 0 amide bonds. The molecule has 0 aliphatic heterocycles. The van der Waals surface area contributed by atoms with Crippen LogP contribution in [0.5, 0.6) is 0 Å². The number of nitrogen functional groups attached to an aromatic ring is 2. The van der Waals surface area contributed by atoms with Crippen LogP contribution >= 0.6 is 47.8 Å². The van der Waals surface area contributed by atoms with Crippen molar-refractivity contribution < 1.29 is 0 Å². The maximum absolute atomic E-state index is 5.66. The first-order valence-electron chi connectivity index (χ1n) is 8.37. The Labute approximate surface area is 200 Å². The molecule has 2 heterocycles. The van der Waals surface area contributed by atoms with Crippen LogP contribution in [0.4, 0.5) is 11.6 Å². The summed E-state index contributed by atoms with van der Waals surface area (Å²) in [6, 6.07) is 0. The molecule has 2 aromatic rings. The van der Waals surface area contributed by atoms with Gasteiger partial charge in [-0.25, -0.2) is 19.9 Å². The van der Waals surface area contributed by atoms with Crippen molar-refractivity contribution >= 4 is 75.6 Å². The van der Waals surface area contributed by atoms with Crippen molar-refractivity contribution in [3.8, 4) is 23.4 Å². The summed E-state index contributed by atoms with van der Waals surface area (Å²) in [7, 11) is -2.48. The molecular formula is C18H25Br3N6Si2. The van der Waals surface area contributed by atoms with Crippen LogP contribution in [-0.4, -0.2) is 36.1 Å². The van der Waals surface area contributed by atoms with E-state index in [9.17, 15) is 0 Å². The van der Waals surface area contributed by atoms with Gasteiger partial charge in [0.25, 0.3) is 0 Å². The summed E-state index contributed by atoms with van der Waals surface area (Å²) in [5.41, 5.74) is 17.5. The van der Waals surface area contributed by atoms with Gasteiger partial charge in [-0.1, -0.05) is 45.2 Å². The summed E-state index contributed by atoms with van der Waals surface area (Å²) >= 11 is 9.43. The van der Waals surface area contributed by atoms with Crippen LogP contribution in [0.15, 0.2) is 26.2 Å². The van der Waals surface area contributed by atoms with Gasteiger partial charge in [0.05, 0.1) is 12.4 Å². The van der Waals surface area contributed by atoms with Crippen LogP contribution in [-0.2, 0) is 0 Å². The lowest BCUT2D eigenvalue weighted by atomic mass is 10.4.